The van der Waals surface area contributed by atoms with Gasteiger partial charge in [-0.05, 0) is 32.9 Å². The van der Waals surface area contributed by atoms with Crippen molar-refractivity contribution in [3.05, 3.63) is 0 Å². The number of hydrogen-bond donors (Lipinski definition) is 3. The van der Waals surface area contributed by atoms with Gasteiger partial charge in [-0.25, -0.2) is 0 Å². The molecule has 1 aliphatic heterocycles. The van der Waals surface area contributed by atoms with Crippen molar-refractivity contribution in [3.8, 4) is 0 Å². The largest absolute Gasteiger partial charge is 0.369 e. The average Bonchev–Trinajstić information content (AvgIpc) is 2.44. The number of carbonyl (C=O) groups is 1. The minimum absolute atomic E-state index is 0.183. The third kappa shape index (κ3) is 7.04. The zero-order valence-corrected chi connectivity index (χ0v) is 14.4. The van der Waals surface area contributed by atoms with Crippen LogP contribution in [0.3, 0.4) is 0 Å². The Labute approximate surface area is 132 Å². The minimum Gasteiger partial charge on any atom is -0.369 e. The standard InChI is InChI=1S/C14H29N5OS/c1-14(2,21-4)10-17-13(16-3)18-11-5-7-19(8-6-11)9-12(15)20/h11H,5-10H2,1-4H3,(H2,15,20)(H2,16,17,18). The summed E-state index contributed by atoms with van der Waals surface area (Å²) in [6.07, 6.45) is 4.12. The quantitative estimate of drug-likeness (QED) is 0.483. The van der Waals surface area contributed by atoms with Gasteiger partial charge in [-0.3, -0.25) is 14.7 Å². The van der Waals surface area contributed by atoms with Gasteiger partial charge in [0.05, 0.1) is 6.54 Å². The molecule has 0 bridgehead atoms. The Morgan fingerprint density at radius 3 is 2.52 bits per heavy atom. The second-order valence-electron chi connectivity index (χ2n) is 6.05. The molecule has 0 atom stereocenters. The number of carbonyl (C=O) groups excluding carboxylic acids is 1. The Kier molecular flexibility index (Phi) is 7.31. The number of amides is 1. The number of rotatable bonds is 6. The molecular formula is C14H29N5OS. The van der Waals surface area contributed by atoms with E-state index in [1.807, 2.05) is 11.8 Å². The van der Waals surface area contributed by atoms with Crippen molar-refractivity contribution >= 4 is 23.6 Å². The lowest BCUT2D eigenvalue weighted by atomic mass is 10.1. The number of guanidine groups is 1. The number of nitrogens with one attached hydrogen (secondary N) is 2. The third-order valence-corrected chi connectivity index (χ3v) is 5.02. The highest BCUT2D eigenvalue weighted by molar-refractivity contribution is 7.99. The van der Waals surface area contributed by atoms with Gasteiger partial charge >= 0.3 is 0 Å². The molecule has 0 unspecified atom stereocenters. The van der Waals surface area contributed by atoms with Gasteiger partial charge in [-0.15, -0.1) is 0 Å². The lowest BCUT2D eigenvalue weighted by Crippen LogP contribution is -2.51. The Balaban J connectivity index is 2.34. The van der Waals surface area contributed by atoms with Crippen molar-refractivity contribution in [2.45, 2.75) is 37.5 Å². The monoisotopic (exact) mass is 315 g/mol. The SMILES string of the molecule is CN=C(NCC(C)(C)SC)NC1CCN(CC(N)=O)CC1. The van der Waals surface area contributed by atoms with Gasteiger partial charge in [-0.2, -0.15) is 11.8 Å². The maximum atomic E-state index is 10.9. The van der Waals surface area contributed by atoms with Crippen molar-refractivity contribution in [1.29, 1.82) is 0 Å². The van der Waals surface area contributed by atoms with Gasteiger partial charge in [0, 0.05) is 37.5 Å². The lowest BCUT2D eigenvalue weighted by Gasteiger charge is -2.32. The van der Waals surface area contributed by atoms with Crippen molar-refractivity contribution in [3.63, 3.8) is 0 Å². The van der Waals surface area contributed by atoms with Gasteiger partial charge < -0.3 is 16.4 Å². The summed E-state index contributed by atoms with van der Waals surface area (Å²) in [4.78, 5) is 17.3. The Hall–Kier alpha value is -0.950. The lowest BCUT2D eigenvalue weighted by molar-refractivity contribution is -0.119. The number of primary amides is 1. The molecular weight excluding hydrogens is 286 g/mol. The first-order valence-electron chi connectivity index (χ1n) is 7.39. The van der Waals surface area contributed by atoms with Crippen LogP contribution in [0.2, 0.25) is 0 Å². The molecule has 0 aromatic carbocycles. The van der Waals surface area contributed by atoms with Crippen molar-refractivity contribution < 1.29 is 4.79 Å². The predicted molar refractivity (Wildman–Crippen MR) is 90.7 cm³/mol. The van der Waals surface area contributed by atoms with Gasteiger partial charge in [0.2, 0.25) is 5.91 Å². The maximum absolute atomic E-state index is 10.9. The molecule has 1 fully saturated rings. The normalized spacial score (nSPS) is 18.6. The maximum Gasteiger partial charge on any atom is 0.231 e. The minimum atomic E-state index is -0.252. The van der Waals surface area contributed by atoms with Crippen LogP contribution >= 0.6 is 11.8 Å². The van der Waals surface area contributed by atoms with Crippen LogP contribution < -0.4 is 16.4 Å². The second kappa shape index (κ2) is 8.48. The molecule has 0 aromatic heterocycles. The first kappa shape index (κ1) is 18.1. The van der Waals surface area contributed by atoms with Crippen molar-refractivity contribution in [2.75, 3.05) is 39.5 Å². The number of piperidine rings is 1. The molecule has 1 heterocycles. The van der Waals surface area contributed by atoms with E-state index in [-0.39, 0.29) is 10.7 Å². The van der Waals surface area contributed by atoms with Crippen LogP contribution in [0.4, 0.5) is 0 Å². The number of hydrogen-bond acceptors (Lipinski definition) is 4. The summed E-state index contributed by atoms with van der Waals surface area (Å²) >= 11 is 1.84. The topological polar surface area (TPSA) is 82.8 Å². The van der Waals surface area contributed by atoms with Gasteiger partial charge in [0.15, 0.2) is 5.96 Å². The summed E-state index contributed by atoms with van der Waals surface area (Å²) in [5, 5.41) is 6.84. The van der Waals surface area contributed by atoms with E-state index in [2.05, 4.69) is 40.6 Å². The molecule has 0 spiro atoms. The molecule has 1 amide bonds. The number of nitrogens with two attached hydrogens (primary N) is 1. The van der Waals surface area contributed by atoms with Gasteiger partial charge in [0.1, 0.15) is 0 Å². The zero-order valence-electron chi connectivity index (χ0n) is 13.6. The second-order valence-corrected chi connectivity index (χ2v) is 7.56. The van der Waals surface area contributed by atoms with E-state index < -0.39 is 0 Å². The zero-order chi connectivity index (χ0) is 15.9. The molecule has 0 aromatic rings. The fourth-order valence-corrected chi connectivity index (χ4v) is 2.43. The summed E-state index contributed by atoms with van der Waals surface area (Å²) < 4.78 is 0.183. The summed E-state index contributed by atoms with van der Waals surface area (Å²) in [6.45, 7) is 7.44. The Bertz CT molecular complexity index is 364. The highest BCUT2D eigenvalue weighted by atomic mass is 32.2. The molecule has 6 nitrogen and oxygen atoms in total. The molecule has 7 heteroatoms. The molecule has 1 aliphatic rings. The predicted octanol–water partition coefficient (Wildman–Crippen LogP) is 0.243. The van der Waals surface area contributed by atoms with E-state index in [0.717, 1.165) is 38.4 Å². The summed E-state index contributed by atoms with van der Waals surface area (Å²) in [6, 6.07) is 0.401. The summed E-state index contributed by atoms with van der Waals surface area (Å²) in [5.41, 5.74) is 5.23. The summed E-state index contributed by atoms with van der Waals surface area (Å²) in [5.74, 6) is 0.601. The molecule has 1 saturated heterocycles. The van der Waals surface area contributed by atoms with Crippen LogP contribution in [0, 0.1) is 0 Å². The smallest absolute Gasteiger partial charge is 0.231 e. The molecule has 4 N–H and O–H groups in total. The summed E-state index contributed by atoms with van der Waals surface area (Å²) in [7, 11) is 1.80. The molecule has 0 saturated carbocycles. The van der Waals surface area contributed by atoms with Crippen LogP contribution in [-0.2, 0) is 4.79 Å². The van der Waals surface area contributed by atoms with Gasteiger partial charge in [-0.1, -0.05) is 0 Å². The first-order valence-corrected chi connectivity index (χ1v) is 8.62. The van der Waals surface area contributed by atoms with Crippen LogP contribution in [-0.4, -0.2) is 67.0 Å². The number of likely N-dealkylation sites (tertiary alicyclic amines) is 1. The van der Waals surface area contributed by atoms with E-state index in [4.69, 9.17) is 5.73 Å². The van der Waals surface area contributed by atoms with E-state index in [1.165, 1.54) is 0 Å². The van der Waals surface area contributed by atoms with Gasteiger partial charge in [0.25, 0.3) is 0 Å². The number of nitrogens with zero attached hydrogens (tertiary/aromatic N) is 2. The number of thioether (sulfide) groups is 1. The fraction of sp³-hybridized carbons (Fsp3) is 0.857. The van der Waals surface area contributed by atoms with Crippen molar-refractivity contribution in [2.24, 2.45) is 10.7 Å². The van der Waals surface area contributed by atoms with E-state index in [9.17, 15) is 4.79 Å². The highest BCUT2D eigenvalue weighted by Crippen LogP contribution is 2.19. The van der Waals surface area contributed by atoms with E-state index in [1.54, 1.807) is 7.05 Å². The first-order chi connectivity index (χ1) is 9.86. The Morgan fingerprint density at radius 2 is 2.05 bits per heavy atom. The average molecular weight is 315 g/mol. The van der Waals surface area contributed by atoms with Crippen LogP contribution in [0.5, 0.6) is 0 Å². The fourth-order valence-electron chi connectivity index (χ4n) is 2.21. The number of aliphatic imine (C=N–C) groups is 1. The molecule has 1 rings (SSSR count). The third-order valence-electron chi connectivity index (χ3n) is 3.77. The van der Waals surface area contributed by atoms with Crippen LogP contribution in [0.1, 0.15) is 26.7 Å². The van der Waals surface area contributed by atoms with Crippen LogP contribution in [0.15, 0.2) is 4.99 Å². The Morgan fingerprint density at radius 1 is 1.43 bits per heavy atom. The van der Waals surface area contributed by atoms with E-state index in [0.29, 0.717) is 12.6 Å². The molecule has 21 heavy (non-hydrogen) atoms. The molecule has 0 aliphatic carbocycles. The highest BCUT2D eigenvalue weighted by Gasteiger charge is 2.22. The van der Waals surface area contributed by atoms with Crippen LogP contribution in [0.25, 0.3) is 0 Å². The molecule has 122 valence electrons. The van der Waals surface area contributed by atoms with E-state index >= 15 is 0 Å². The van der Waals surface area contributed by atoms with Crippen molar-refractivity contribution in [1.82, 2.24) is 15.5 Å². The molecule has 0 radical (unpaired) electrons.